The fourth-order valence-electron chi connectivity index (χ4n) is 4.93. The van der Waals surface area contributed by atoms with Crippen molar-refractivity contribution in [3.8, 4) is 17.6 Å². The normalized spacial score (nSPS) is 17.2. The van der Waals surface area contributed by atoms with Crippen molar-refractivity contribution in [1.29, 1.82) is 5.26 Å². The molecule has 0 aliphatic carbocycles. The van der Waals surface area contributed by atoms with Crippen LogP contribution in [0.5, 0.6) is 11.5 Å². The van der Waals surface area contributed by atoms with Gasteiger partial charge in [0.25, 0.3) is 5.91 Å². The monoisotopic (exact) mass is 566 g/mol. The zero-order valence-electron chi connectivity index (χ0n) is 23.5. The van der Waals surface area contributed by atoms with E-state index in [1.807, 2.05) is 68.5 Å². The summed E-state index contributed by atoms with van der Waals surface area (Å²) in [5.74, 6) is 1.10. The highest BCUT2D eigenvalue weighted by molar-refractivity contribution is 8.18. The Hall–Kier alpha value is -4.22. The highest BCUT2D eigenvalue weighted by atomic mass is 32.2. The largest absolute Gasteiger partial charge is 0.490 e. The Morgan fingerprint density at radius 1 is 0.976 bits per heavy atom. The van der Waals surface area contributed by atoms with Crippen molar-refractivity contribution in [2.75, 3.05) is 31.1 Å². The van der Waals surface area contributed by atoms with Gasteiger partial charge in [-0.05, 0) is 99.0 Å². The first-order valence-corrected chi connectivity index (χ1v) is 14.9. The van der Waals surface area contributed by atoms with Crippen LogP contribution >= 0.6 is 11.8 Å². The molecule has 0 bridgehead atoms. The second-order valence-corrected chi connectivity index (χ2v) is 10.8. The van der Waals surface area contributed by atoms with Crippen LogP contribution in [0.15, 0.2) is 76.6 Å². The van der Waals surface area contributed by atoms with Crippen LogP contribution in [0.4, 0.5) is 11.4 Å². The highest BCUT2D eigenvalue weighted by Crippen LogP contribution is 2.36. The number of likely N-dealkylation sites (N-methyl/N-ethyl adjacent to an activating group) is 1. The summed E-state index contributed by atoms with van der Waals surface area (Å²) in [5.41, 5.74) is 4.28. The number of aliphatic imine (C=N–C) groups is 1. The number of anilines is 1. The van der Waals surface area contributed by atoms with Gasteiger partial charge in [-0.15, -0.1) is 0 Å². The number of carbonyl (C=O) groups is 1. The molecule has 2 aliphatic heterocycles. The first-order valence-electron chi connectivity index (χ1n) is 14.1. The zero-order chi connectivity index (χ0) is 28.6. The number of ether oxygens (including phenoxy) is 2. The Balaban J connectivity index is 1.33. The number of nitrogens with zero attached hydrogens (tertiary/aromatic N) is 4. The van der Waals surface area contributed by atoms with Crippen molar-refractivity contribution in [3.63, 3.8) is 0 Å². The van der Waals surface area contributed by atoms with Crippen LogP contribution in [0, 0.1) is 11.3 Å². The summed E-state index contributed by atoms with van der Waals surface area (Å²) in [7, 11) is 0. The molecule has 2 aliphatic rings. The van der Waals surface area contributed by atoms with Gasteiger partial charge in [-0.25, -0.2) is 4.99 Å². The number of amidine groups is 1. The molecule has 0 aromatic heterocycles. The third-order valence-electron chi connectivity index (χ3n) is 7.09. The number of piperidine rings is 1. The van der Waals surface area contributed by atoms with Gasteiger partial charge in [-0.2, -0.15) is 5.26 Å². The topological polar surface area (TPSA) is 78.2 Å². The lowest BCUT2D eigenvalue weighted by molar-refractivity contribution is -0.122. The van der Waals surface area contributed by atoms with Crippen molar-refractivity contribution in [1.82, 2.24) is 4.90 Å². The number of hydrogen-bond acceptors (Lipinski definition) is 7. The average Bonchev–Trinajstić information content (AvgIpc) is 3.30. The average molecular weight is 567 g/mol. The third-order valence-corrected chi connectivity index (χ3v) is 8.09. The number of thioether (sulfide) groups is 1. The first-order chi connectivity index (χ1) is 20.1. The van der Waals surface area contributed by atoms with Crippen LogP contribution in [0.25, 0.3) is 6.08 Å². The quantitative estimate of drug-likeness (QED) is 0.256. The summed E-state index contributed by atoms with van der Waals surface area (Å²) in [4.78, 5) is 22.8. The van der Waals surface area contributed by atoms with Gasteiger partial charge in [0.1, 0.15) is 6.61 Å². The molecule has 3 aromatic carbocycles. The lowest BCUT2D eigenvalue weighted by Gasteiger charge is -2.28. The fraction of sp³-hybridized carbons (Fsp3) is 0.303. The smallest absolute Gasteiger partial charge is 0.266 e. The Morgan fingerprint density at radius 2 is 1.76 bits per heavy atom. The molecule has 210 valence electrons. The molecule has 3 aromatic rings. The van der Waals surface area contributed by atoms with Crippen LogP contribution in [0.3, 0.4) is 0 Å². The minimum atomic E-state index is -0.0624. The maximum atomic E-state index is 13.3. The van der Waals surface area contributed by atoms with Crippen molar-refractivity contribution in [3.05, 3.63) is 88.3 Å². The van der Waals surface area contributed by atoms with E-state index in [4.69, 9.17) is 14.5 Å². The van der Waals surface area contributed by atoms with Crippen LogP contribution in [0.2, 0.25) is 0 Å². The van der Waals surface area contributed by atoms with Crippen molar-refractivity contribution in [2.45, 2.75) is 39.7 Å². The molecule has 0 atom stereocenters. The van der Waals surface area contributed by atoms with E-state index in [2.05, 4.69) is 23.1 Å². The summed E-state index contributed by atoms with van der Waals surface area (Å²) < 4.78 is 11.9. The van der Waals surface area contributed by atoms with E-state index in [-0.39, 0.29) is 12.5 Å². The maximum absolute atomic E-state index is 13.3. The third kappa shape index (κ3) is 6.75. The number of hydrogen-bond donors (Lipinski definition) is 0. The molecule has 8 heteroatoms. The summed E-state index contributed by atoms with van der Waals surface area (Å²) >= 11 is 1.38. The molecule has 1 amide bonds. The van der Waals surface area contributed by atoms with E-state index >= 15 is 0 Å². The van der Waals surface area contributed by atoms with Gasteiger partial charge >= 0.3 is 0 Å². The van der Waals surface area contributed by atoms with E-state index in [1.165, 1.54) is 36.7 Å². The Bertz CT molecular complexity index is 1490. The molecule has 2 fully saturated rings. The van der Waals surface area contributed by atoms with Crippen LogP contribution in [-0.4, -0.2) is 42.2 Å². The molecule has 0 N–H and O–H groups in total. The highest BCUT2D eigenvalue weighted by Gasteiger charge is 2.32. The fourth-order valence-corrected chi connectivity index (χ4v) is 6.00. The number of nitriles is 1. The molecule has 2 heterocycles. The molecule has 41 heavy (non-hydrogen) atoms. The minimum Gasteiger partial charge on any atom is -0.490 e. The number of carbonyl (C=O) groups excluding carboxylic acids is 1. The lowest BCUT2D eigenvalue weighted by Crippen LogP contribution is -2.29. The minimum absolute atomic E-state index is 0.0624. The van der Waals surface area contributed by atoms with Gasteiger partial charge < -0.3 is 14.4 Å². The van der Waals surface area contributed by atoms with Crippen molar-refractivity contribution < 1.29 is 14.3 Å². The number of benzene rings is 3. The van der Waals surface area contributed by atoms with E-state index < -0.39 is 0 Å². The predicted molar refractivity (Wildman–Crippen MR) is 166 cm³/mol. The van der Waals surface area contributed by atoms with E-state index in [1.54, 1.807) is 11.0 Å². The summed E-state index contributed by atoms with van der Waals surface area (Å²) in [6, 6.07) is 23.5. The van der Waals surface area contributed by atoms with Crippen LogP contribution in [-0.2, 0) is 11.4 Å². The van der Waals surface area contributed by atoms with Gasteiger partial charge in [-0.1, -0.05) is 24.3 Å². The molecule has 0 spiro atoms. The molecular formula is C33H34N4O3S. The van der Waals surface area contributed by atoms with E-state index in [0.29, 0.717) is 40.3 Å². The van der Waals surface area contributed by atoms with Crippen LogP contribution in [0.1, 0.15) is 49.8 Å². The molecule has 0 saturated carbocycles. The van der Waals surface area contributed by atoms with Gasteiger partial charge in [-0.3, -0.25) is 9.69 Å². The van der Waals surface area contributed by atoms with Crippen molar-refractivity contribution >= 4 is 40.3 Å². The number of rotatable bonds is 9. The van der Waals surface area contributed by atoms with Gasteiger partial charge in [0.15, 0.2) is 16.7 Å². The summed E-state index contributed by atoms with van der Waals surface area (Å²) in [6.07, 6.45) is 5.65. The molecular weight excluding hydrogens is 532 g/mol. The second-order valence-electron chi connectivity index (χ2n) is 9.82. The molecule has 7 nitrogen and oxygen atoms in total. The molecule has 0 radical (unpaired) electrons. The predicted octanol–water partition coefficient (Wildman–Crippen LogP) is 7.15. The Kier molecular flexibility index (Phi) is 9.27. The summed E-state index contributed by atoms with van der Waals surface area (Å²) in [6.45, 7) is 7.33. The molecule has 2 saturated heterocycles. The second kappa shape index (κ2) is 13.4. The van der Waals surface area contributed by atoms with Gasteiger partial charge in [0, 0.05) is 30.9 Å². The van der Waals surface area contributed by atoms with Gasteiger partial charge in [0.2, 0.25) is 0 Å². The van der Waals surface area contributed by atoms with Crippen LogP contribution < -0.4 is 14.4 Å². The van der Waals surface area contributed by atoms with Gasteiger partial charge in [0.05, 0.1) is 28.8 Å². The molecule has 0 unspecified atom stereocenters. The maximum Gasteiger partial charge on any atom is 0.266 e. The zero-order valence-corrected chi connectivity index (χ0v) is 24.3. The van der Waals surface area contributed by atoms with E-state index in [0.717, 1.165) is 29.9 Å². The summed E-state index contributed by atoms with van der Waals surface area (Å²) in [5, 5.41) is 10.0. The Morgan fingerprint density at radius 3 is 2.49 bits per heavy atom. The van der Waals surface area contributed by atoms with Crippen molar-refractivity contribution in [2.24, 2.45) is 4.99 Å². The standard InChI is InChI=1S/C33H34N4O3S/c1-3-37-32(38)31(41-33(37)35-27-13-15-28(16-14-27)36-18-8-5-9-19-36)21-24-12-17-29(30(20-24)39-4-2)40-23-26-11-7-6-10-25(26)22-34/h6-7,10-17,20-21H,3-5,8-9,18-19,23H2,1-2H3/b31-21-,35-33?. The lowest BCUT2D eigenvalue weighted by atomic mass is 10.1. The number of amides is 1. The molecule has 5 rings (SSSR count). The Labute approximate surface area is 246 Å². The first kappa shape index (κ1) is 28.3. The van der Waals surface area contributed by atoms with E-state index in [9.17, 15) is 10.1 Å². The SMILES string of the molecule is CCOc1cc(/C=C2\SC(=Nc3ccc(N4CCCCC4)cc3)N(CC)C2=O)ccc1OCc1ccccc1C#N.